The topological polar surface area (TPSA) is 35.5 Å². The molecule has 0 aliphatic carbocycles. The van der Waals surface area contributed by atoms with E-state index in [9.17, 15) is 9.18 Å². The number of benzene rings is 2. The third-order valence-corrected chi connectivity index (χ3v) is 3.81. The molecule has 5 heteroatoms. The van der Waals surface area contributed by atoms with Crippen LogP contribution in [0.5, 0.6) is 11.5 Å². The standard InChI is InChI=1S/C16H14BrFO3/c1-20-12-5-6-13(16(9-12)21-2)15(19)7-10-3-4-11(18)8-14(10)17/h3-6,8-9H,7H2,1-2H3. The number of rotatable bonds is 5. The molecule has 0 aromatic heterocycles. The first-order chi connectivity index (χ1) is 10.0. The SMILES string of the molecule is COc1ccc(C(=O)Cc2ccc(F)cc2Br)c(OC)c1. The van der Waals surface area contributed by atoms with Crippen LogP contribution in [0.25, 0.3) is 0 Å². The number of methoxy groups -OCH3 is 2. The molecule has 0 aliphatic heterocycles. The Morgan fingerprint density at radius 1 is 1.14 bits per heavy atom. The highest BCUT2D eigenvalue weighted by Crippen LogP contribution is 2.27. The molecule has 0 unspecified atom stereocenters. The highest BCUT2D eigenvalue weighted by atomic mass is 79.9. The average Bonchev–Trinajstić information content (AvgIpc) is 2.49. The number of hydrogen-bond acceptors (Lipinski definition) is 3. The van der Waals surface area contributed by atoms with Crippen molar-refractivity contribution in [3.8, 4) is 11.5 Å². The van der Waals surface area contributed by atoms with Crippen molar-refractivity contribution in [1.82, 2.24) is 0 Å². The molecule has 0 amide bonds. The van der Waals surface area contributed by atoms with Crippen molar-refractivity contribution in [1.29, 1.82) is 0 Å². The number of carbonyl (C=O) groups excluding carboxylic acids is 1. The lowest BCUT2D eigenvalue weighted by Gasteiger charge is -2.10. The third kappa shape index (κ3) is 3.61. The third-order valence-electron chi connectivity index (χ3n) is 3.08. The smallest absolute Gasteiger partial charge is 0.171 e. The predicted octanol–water partition coefficient (Wildman–Crippen LogP) is 4.03. The van der Waals surface area contributed by atoms with E-state index in [1.54, 1.807) is 31.4 Å². The zero-order valence-electron chi connectivity index (χ0n) is 11.7. The number of Topliss-reactive ketones (excluding diaryl/α,β-unsaturated/α-hetero) is 1. The van der Waals surface area contributed by atoms with Crippen LogP contribution in [-0.2, 0) is 6.42 Å². The van der Waals surface area contributed by atoms with Crippen LogP contribution in [0.3, 0.4) is 0 Å². The van der Waals surface area contributed by atoms with Crippen LogP contribution in [0.4, 0.5) is 4.39 Å². The number of halogens is 2. The summed E-state index contributed by atoms with van der Waals surface area (Å²) in [6, 6.07) is 9.29. The molecule has 0 bridgehead atoms. The van der Waals surface area contributed by atoms with Gasteiger partial charge in [0.15, 0.2) is 5.78 Å². The van der Waals surface area contributed by atoms with Gasteiger partial charge in [-0.2, -0.15) is 0 Å². The second-order valence-electron chi connectivity index (χ2n) is 4.40. The Hall–Kier alpha value is -1.88. The molecule has 0 radical (unpaired) electrons. The van der Waals surface area contributed by atoms with Gasteiger partial charge in [-0.3, -0.25) is 4.79 Å². The Labute approximate surface area is 130 Å². The number of ketones is 1. The van der Waals surface area contributed by atoms with E-state index in [-0.39, 0.29) is 18.0 Å². The largest absolute Gasteiger partial charge is 0.497 e. The van der Waals surface area contributed by atoms with Gasteiger partial charge in [-0.15, -0.1) is 0 Å². The van der Waals surface area contributed by atoms with Crippen molar-refractivity contribution in [2.24, 2.45) is 0 Å². The van der Waals surface area contributed by atoms with Crippen molar-refractivity contribution in [3.05, 3.63) is 57.8 Å². The van der Waals surface area contributed by atoms with E-state index in [0.717, 1.165) is 5.56 Å². The first-order valence-electron chi connectivity index (χ1n) is 6.24. The maximum atomic E-state index is 13.1. The highest BCUT2D eigenvalue weighted by Gasteiger charge is 2.15. The summed E-state index contributed by atoms with van der Waals surface area (Å²) in [5.41, 5.74) is 1.19. The fourth-order valence-electron chi connectivity index (χ4n) is 1.96. The molecule has 0 saturated heterocycles. The van der Waals surface area contributed by atoms with E-state index >= 15 is 0 Å². The molecule has 0 spiro atoms. The summed E-state index contributed by atoms with van der Waals surface area (Å²) in [5.74, 6) is 0.617. The first-order valence-corrected chi connectivity index (χ1v) is 7.03. The van der Waals surface area contributed by atoms with Crippen LogP contribution < -0.4 is 9.47 Å². The Kier molecular flexibility index (Phi) is 4.96. The van der Waals surface area contributed by atoms with Gasteiger partial charge in [0, 0.05) is 17.0 Å². The molecular weight excluding hydrogens is 339 g/mol. The second kappa shape index (κ2) is 6.72. The zero-order chi connectivity index (χ0) is 15.4. The van der Waals surface area contributed by atoms with Gasteiger partial charge in [0.2, 0.25) is 0 Å². The highest BCUT2D eigenvalue weighted by molar-refractivity contribution is 9.10. The summed E-state index contributed by atoms with van der Waals surface area (Å²) in [5, 5.41) is 0. The van der Waals surface area contributed by atoms with E-state index in [0.29, 0.717) is 21.5 Å². The van der Waals surface area contributed by atoms with Crippen molar-refractivity contribution < 1.29 is 18.7 Å². The quantitative estimate of drug-likeness (QED) is 0.762. The number of hydrogen-bond donors (Lipinski definition) is 0. The minimum Gasteiger partial charge on any atom is -0.497 e. The Bertz CT molecular complexity index is 671. The Morgan fingerprint density at radius 3 is 2.52 bits per heavy atom. The lowest BCUT2D eigenvalue weighted by atomic mass is 10.0. The lowest BCUT2D eigenvalue weighted by Crippen LogP contribution is -2.06. The second-order valence-corrected chi connectivity index (χ2v) is 5.26. The van der Waals surface area contributed by atoms with Crippen LogP contribution in [0.1, 0.15) is 15.9 Å². The van der Waals surface area contributed by atoms with E-state index in [1.165, 1.54) is 19.2 Å². The molecule has 0 fully saturated rings. The van der Waals surface area contributed by atoms with Gasteiger partial charge in [0.25, 0.3) is 0 Å². The van der Waals surface area contributed by atoms with Gasteiger partial charge in [0.1, 0.15) is 17.3 Å². The van der Waals surface area contributed by atoms with Gasteiger partial charge in [-0.05, 0) is 29.8 Å². The van der Waals surface area contributed by atoms with Crippen molar-refractivity contribution in [2.75, 3.05) is 14.2 Å². The maximum absolute atomic E-state index is 13.1. The Balaban J connectivity index is 2.28. The summed E-state index contributed by atoms with van der Waals surface area (Å²) in [6.45, 7) is 0. The molecule has 110 valence electrons. The fraction of sp³-hybridized carbons (Fsp3) is 0.188. The van der Waals surface area contributed by atoms with Crippen molar-refractivity contribution in [2.45, 2.75) is 6.42 Å². The molecule has 2 aromatic rings. The van der Waals surface area contributed by atoms with E-state index in [4.69, 9.17) is 9.47 Å². The Morgan fingerprint density at radius 2 is 1.90 bits per heavy atom. The molecule has 0 N–H and O–H groups in total. The maximum Gasteiger partial charge on any atom is 0.171 e. The van der Waals surface area contributed by atoms with Crippen LogP contribution in [-0.4, -0.2) is 20.0 Å². The molecule has 0 atom stereocenters. The zero-order valence-corrected chi connectivity index (χ0v) is 13.2. The summed E-state index contributed by atoms with van der Waals surface area (Å²) in [4.78, 5) is 12.4. The molecule has 3 nitrogen and oxygen atoms in total. The van der Waals surface area contributed by atoms with Crippen LogP contribution in [0.2, 0.25) is 0 Å². The van der Waals surface area contributed by atoms with Crippen LogP contribution >= 0.6 is 15.9 Å². The van der Waals surface area contributed by atoms with Crippen LogP contribution in [0, 0.1) is 5.82 Å². The lowest BCUT2D eigenvalue weighted by molar-refractivity contribution is 0.0990. The molecule has 21 heavy (non-hydrogen) atoms. The number of carbonyl (C=O) groups is 1. The minimum absolute atomic E-state index is 0.109. The van der Waals surface area contributed by atoms with E-state index in [2.05, 4.69) is 15.9 Å². The average molecular weight is 353 g/mol. The van der Waals surface area contributed by atoms with Gasteiger partial charge >= 0.3 is 0 Å². The predicted molar refractivity (Wildman–Crippen MR) is 81.7 cm³/mol. The minimum atomic E-state index is -0.347. The first kappa shape index (κ1) is 15.5. The monoisotopic (exact) mass is 352 g/mol. The normalized spacial score (nSPS) is 10.3. The van der Waals surface area contributed by atoms with Crippen molar-refractivity contribution in [3.63, 3.8) is 0 Å². The van der Waals surface area contributed by atoms with E-state index < -0.39 is 0 Å². The fourth-order valence-corrected chi connectivity index (χ4v) is 2.45. The van der Waals surface area contributed by atoms with Gasteiger partial charge < -0.3 is 9.47 Å². The molecule has 0 aliphatic rings. The van der Waals surface area contributed by atoms with Gasteiger partial charge in [0.05, 0.1) is 19.8 Å². The summed E-state index contributed by atoms with van der Waals surface area (Å²) in [7, 11) is 3.05. The molecule has 0 heterocycles. The molecular formula is C16H14BrFO3. The number of ether oxygens (including phenoxy) is 2. The summed E-state index contributed by atoms with van der Waals surface area (Å²) < 4.78 is 24.0. The van der Waals surface area contributed by atoms with Gasteiger partial charge in [-0.25, -0.2) is 4.39 Å². The van der Waals surface area contributed by atoms with Crippen LogP contribution in [0.15, 0.2) is 40.9 Å². The van der Waals surface area contributed by atoms with E-state index in [1.807, 2.05) is 0 Å². The van der Waals surface area contributed by atoms with Crippen molar-refractivity contribution >= 4 is 21.7 Å². The molecule has 2 rings (SSSR count). The summed E-state index contributed by atoms with van der Waals surface area (Å²) >= 11 is 3.26. The molecule has 0 saturated carbocycles. The molecule has 2 aromatic carbocycles. The van der Waals surface area contributed by atoms with Gasteiger partial charge in [-0.1, -0.05) is 22.0 Å². The summed E-state index contributed by atoms with van der Waals surface area (Å²) in [6.07, 6.45) is 0.156.